The minimum absolute atomic E-state index is 0.161. The second kappa shape index (κ2) is 7.65. The zero-order valence-corrected chi connectivity index (χ0v) is 16.7. The van der Waals surface area contributed by atoms with Crippen molar-refractivity contribution in [2.24, 2.45) is 0 Å². The highest BCUT2D eigenvalue weighted by molar-refractivity contribution is 5.95. The van der Waals surface area contributed by atoms with Gasteiger partial charge in [0.05, 0.1) is 11.7 Å². The van der Waals surface area contributed by atoms with Gasteiger partial charge in [0, 0.05) is 24.3 Å². The number of carbonyl (C=O) groups excluding carboxylic acids is 1. The van der Waals surface area contributed by atoms with E-state index in [9.17, 15) is 4.79 Å². The zero-order valence-electron chi connectivity index (χ0n) is 16.7. The summed E-state index contributed by atoms with van der Waals surface area (Å²) in [5, 5.41) is 4.91. The second-order valence-corrected chi connectivity index (χ2v) is 8.09. The molecule has 1 aliphatic rings. The molecular formula is C22H31N3O. The number of hydrogen-bond acceptors (Lipinski definition) is 2. The summed E-state index contributed by atoms with van der Waals surface area (Å²) in [5.74, 6) is 1.06. The number of likely N-dealkylation sites (tertiary alicyclic amines) is 1. The van der Waals surface area contributed by atoms with Crippen LogP contribution in [0.5, 0.6) is 0 Å². The Hall–Kier alpha value is -2.10. The van der Waals surface area contributed by atoms with Gasteiger partial charge in [-0.1, -0.05) is 45.9 Å². The quantitative estimate of drug-likeness (QED) is 0.783. The molecule has 1 saturated heterocycles. The number of piperidine rings is 1. The van der Waals surface area contributed by atoms with Crippen LogP contribution in [0.3, 0.4) is 0 Å². The first kappa shape index (κ1) is 18.7. The van der Waals surface area contributed by atoms with Gasteiger partial charge in [0.2, 0.25) is 0 Å². The van der Waals surface area contributed by atoms with Crippen LogP contribution in [0.2, 0.25) is 0 Å². The molecule has 0 unspecified atom stereocenters. The molecule has 0 radical (unpaired) electrons. The van der Waals surface area contributed by atoms with E-state index in [1.165, 1.54) is 11.4 Å². The fourth-order valence-electron chi connectivity index (χ4n) is 3.73. The van der Waals surface area contributed by atoms with Crippen molar-refractivity contribution in [1.82, 2.24) is 14.7 Å². The minimum Gasteiger partial charge on any atom is -0.338 e. The molecule has 1 amide bonds. The Bertz CT molecular complexity index is 767. The van der Waals surface area contributed by atoms with E-state index < -0.39 is 0 Å². The maximum atomic E-state index is 12.8. The van der Waals surface area contributed by atoms with Crippen molar-refractivity contribution in [1.29, 1.82) is 0 Å². The Balaban J connectivity index is 1.73. The van der Waals surface area contributed by atoms with Gasteiger partial charge in [-0.3, -0.25) is 9.48 Å². The van der Waals surface area contributed by atoms with Crippen LogP contribution in [0.4, 0.5) is 0 Å². The van der Waals surface area contributed by atoms with E-state index in [2.05, 4.69) is 38.4 Å². The standard InChI is InChI=1S/C22H31N3O/c1-15(2)20-14-21(16(3)4)25(23-20)18-10-12-24(13-11-18)22(26)19-9-7-6-8-17(19)5/h6-9,14-16,18H,10-13H2,1-5H3. The molecule has 4 heteroatoms. The van der Waals surface area contributed by atoms with Crippen LogP contribution < -0.4 is 0 Å². The molecule has 4 nitrogen and oxygen atoms in total. The third-order valence-corrected chi connectivity index (χ3v) is 5.44. The number of nitrogens with zero attached hydrogens (tertiary/aromatic N) is 3. The maximum Gasteiger partial charge on any atom is 0.254 e. The van der Waals surface area contributed by atoms with E-state index in [-0.39, 0.29) is 5.91 Å². The van der Waals surface area contributed by atoms with Gasteiger partial charge >= 0.3 is 0 Å². The lowest BCUT2D eigenvalue weighted by atomic mass is 10.0. The van der Waals surface area contributed by atoms with Crippen LogP contribution in [0.15, 0.2) is 30.3 Å². The van der Waals surface area contributed by atoms with Crippen molar-refractivity contribution in [3.8, 4) is 0 Å². The predicted molar refractivity (Wildman–Crippen MR) is 106 cm³/mol. The van der Waals surface area contributed by atoms with Gasteiger partial charge in [-0.15, -0.1) is 0 Å². The number of amides is 1. The summed E-state index contributed by atoms with van der Waals surface area (Å²) in [4.78, 5) is 14.8. The first-order valence-electron chi connectivity index (χ1n) is 9.82. The Labute approximate surface area is 157 Å². The van der Waals surface area contributed by atoms with Gasteiger partial charge in [-0.2, -0.15) is 5.10 Å². The molecular weight excluding hydrogens is 322 g/mol. The number of hydrogen-bond donors (Lipinski definition) is 0. The SMILES string of the molecule is Cc1ccccc1C(=O)N1CCC(n2nc(C(C)C)cc2C(C)C)CC1. The molecule has 1 aromatic heterocycles. The van der Waals surface area contributed by atoms with Gasteiger partial charge in [-0.25, -0.2) is 0 Å². The summed E-state index contributed by atoms with van der Waals surface area (Å²) in [7, 11) is 0. The highest BCUT2D eigenvalue weighted by atomic mass is 16.2. The monoisotopic (exact) mass is 353 g/mol. The first-order valence-corrected chi connectivity index (χ1v) is 9.82. The average molecular weight is 354 g/mol. The van der Waals surface area contributed by atoms with E-state index in [4.69, 9.17) is 5.10 Å². The summed E-state index contributed by atoms with van der Waals surface area (Å²) in [5.41, 5.74) is 4.37. The third-order valence-electron chi connectivity index (χ3n) is 5.44. The van der Waals surface area contributed by atoms with Crippen molar-refractivity contribution in [3.63, 3.8) is 0 Å². The van der Waals surface area contributed by atoms with Crippen molar-refractivity contribution in [3.05, 3.63) is 52.8 Å². The summed E-state index contributed by atoms with van der Waals surface area (Å²) >= 11 is 0. The fourth-order valence-corrected chi connectivity index (χ4v) is 3.73. The molecule has 3 rings (SSSR count). The molecule has 2 heterocycles. The lowest BCUT2D eigenvalue weighted by Crippen LogP contribution is -2.39. The van der Waals surface area contributed by atoms with E-state index >= 15 is 0 Å². The normalized spacial score (nSPS) is 15.9. The highest BCUT2D eigenvalue weighted by Gasteiger charge is 2.27. The van der Waals surface area contributed by atoms with Crippen LogP contribution >= 0.6 is 0 Å². The molecule has 1 fully saturated rings. The largest absolute Gasteiger partial charge is 0.338 e. The lowest BCUT2D eigenvalue weighted by molar-refractivity contribution is 0.0687. The molecule has 26 heavy (non-hydrogen) atoms. The van der Waals surface area contributed by atoms with Crippen LogP contribution in [0.25, 0.3) is 0 Å². The Kier molecular flexibility index (Phi) is 5.49. The van der Waals surface area contributed by atoms with Crippen LogP contribution in [0.1, 0.15) is 85.7 Å². The molecule has 1 aliphatic heterocycles. The number of benzene rings is 1. The lowest BCUT2D eigenvalue weighted by Gasteiger charge is -2.33. The van der Waals surface area contributed by atoms with E-state index in [0.717, 1.165) is 37.1 Å². The third kappa shape index (κ3) is 3.69. The van der Waals surface area contributed by atoms with Crippen molar-refractivity contribution >= 4 is 5.91 Å². The van der Waals surface area contributed by atoms with Gasteiger partial charge in [0.25, 0.3) is 5.91 Å². The summed E-state index contributed by atoms with van der Waals surface area (Å²) < 4.78 is 2.25. The van der Waals surface area contributed by atoms with Crippen LogP contribution in [0, 0.1) is 6.92 Å². The Morgan fingerprint density at radius 2 is 1.73 bits per heavy atom. The van der Waals surface area contributed by atoms with Gasteiger partial charge in [-0.05, 0) is 49.3 Å². The zero-order chi connectivity index (χ0) is 18.8. The summed E-state index contributed by atoms with van der Waals surface area (Å²) in [6.45, 7) is 12.5. The molecule has 0 bridgehead atoms. The van der Waals surface area contributed by atoms with Gasteiger partial charge in [0.15, 0.2) is 0 Å². The predicted octanol–water partition coefficient (Wildman–Crippen LogP) is 4.92. The van der Waals surface area contributed by atoms with Crippen molar-refractivity contribution < 1.29 is 4.79 Å². The average Bonchev–Trinajstić information content (AvgIpc) is 3.08. The number of rotatable bonds is 4. The van der Waals surface area contributed by atoms with E-state index in [1.54, 1.807) is 0 Å². The molecule has 0 aliphatic carbocycles. The molecule has 0 N–H and O–H groups in total. The highest BCUT2D eigenvalue weighted by Crippen LogP contribution is 2.29. The smallest absolute Gasteiger partial charge is 0.254 e. The minimum atomic E-state index is 0.161. The molecule has 1 aromatic carbocycles. The summed E-state index contributed by atoms with van der Waals surface area (Å²) in [6.07, 6.45) is 1.94. The number of aryl methyl sites for hydroxylation is 1. The van der Waals surface area contributed by atoms with E-state index in [0.29, 0.717) is 17.9 Å². The molecule has 0 saturated carbocycles. The second-order valence-electron chi connectivity index (χ2n) is 8.09. The Morgan fingerprint density at radius 1 is 1.08 bits per heavy atom. The fraction of sp³-hybridized carbons (Fsp3) is 0.545. The van der Waals surface area contributed by atoms with Crippen LogP contribution in [-0.2, 0) is 0 Å². The summed E-state index contributed by atoms with van der Waals surface area (Å²) in [6, 6.07) is 10.5. The molecule has 0 spiro atoms. The van der Waals surface area contributed by atoms with Crippen LogP contribution in [-0.4, -0.2) is 33.7 Å². The van der Waals surface area contributed by atoms with Crippen molar-refractivity contribution in [2.75, 3.05) is 13.1 Å². The van der Waals surface area contributed by atoms with Gasteiger partial charge < -0.3 is 4.90 Å². The Morgan fingerprint density at radius 3 is 2.31 bits per heavy atom. The number of carbonyl (C=O) groups is 1. The molecule has 140 valence electrons. The molecule has 2 aromatic rings. The maximum absolute atomic E-state index is 12.8. The van der Waals surface area contributed by atoms with Gasteiger partial charge in [0.1, 0.15) is 0 Å². The molecule has 0 atom stereocenters. The number of aromatic nitrogens is 2. The van der Waals surface area contributed by atoms with Crippen molar-refractivity contribution in [2.45, 2.75) is 65.3 Å². The topological polar surface area (TPSA) is 38.1 Å². The first-order chi connectivity index (χ1) is 12.4. The van der Waals surface area contributed by atoms with E-state index in [1.807, 2.05) is 36.1 Å².